The van der Waals surface area contributed by atoms with Gasteiger partial charge < -0.3 is 34.3 Å². The van der Waals surface area contributed by atoms with Crippen LogP contribution < -0.4 is 24.8 Å². The standard InChI is InChI=1S/C33H35N3O8/c1-22-7-5-11-30(37)41-16-14-28(44-25-12-13-27-29(17-25)43-21-42-27)33(39)35-26(20-40-19-23-8-3-2-4-9-23)32(38)36-31(22)24-10-6-15-34-18-24/h2-10,12-13,15,17-18,22,26,28,31H,11,14,16,19-21H2,1H3,(H,35,39)(H,36,38)/b7-5+/t22-,26-,28?,31+/m0/s1. The quantitative estimate of drug-likeness (QED) is 0.307. The Morgan fingerprint density at radius 3 is 2.59 bits per heavy atom. The first-order valence-corrected chi connectivity index (χ1v) is 14.5. The van der Waals surface area contributed by atoms with Gasteiger partial charge in [0.05, 0.1) is 32.3 Å². The van der Waals surface area contributed by atoms with Crippen LogP contribution in [0.25, 0.3) is 0 Å². The van der Waals surface area contributed by atoms with Gasteiger partial charge in [-0.3, -0.25) is 19.4 Å². The van der Waals surface area contributed by atoms with Gasteiger partial charge in [0.2, 0.25) is 12.7 Å². The molecule has 44 heavy (non-hydrogen) atoms. The van der Waals surface area contributed by atoms with E-state index < -0.39 is 36.0 Å². The molecular weight excluding hydrogens is 566 g/mol. The molecule has 0 radical (unpaired) electrons. The van der Waals surface area contributed by atoms with E-state index in [4.69, 9.17) is 23.7 Å². The lowest BCUT2D eigenvalue weighted by Gasteiger charge is -2.27. The Morgan fingerprint density at radius 2 is 1.77 bits per heavy atom. The number of aromatic nitrogens is 1. The van der Waals surface area contributed by atoms with Crippen LogP contribution in [0.3, 0.4) is 0 Å². The van der Waals surface area contributed by atoms with Gasteiger partial charge in [-0.05, 0) is 35.2 Å². The van der Waals surface area contributed by atoms with Crippen molar-refractivity contribution in [1.82, 2.24) is 15.6 Å². The summed E-state index contributed by atoms with van der Waals surface area (Å²) in [4.78, 5) is 44.2. The smallest absolute Gasteiger partial charge is 0.309 e. The van der Waals surface area contributed by atoms with Crippen LogP contribution in [-0.2, 0) is 30.5 Å². The SMILES string of the molecule is C[C@H]1/C=C/CC(=O)OCCC(Oc2ccc3c(c2)OCO3)C(=O)N[C@@H](COCc2ccccc2)C(=O)N[C@H]1c1cccnc1. The molecule has 1 aromatic heterocycles. The van der Waals surface area contributed by atoms with Crippen molar-refractivity contribution in [2.24, 2.45) is 5.92 Å². The van der Waals surface area contributed by atoms with Crippen molar-refractivity contribution in [1.29, 1.82) is 0 Å². The summed E-state index contributed by atoms with van der Waals surface area (Å²) in [7, 11) is 0. The average Bonchev–Trinajstić information content (AvgIpc) is 3.51. The van der Waals surface area contributed by atoms with Crippen LogP contribution in [0, 0.1) is 5.92 Å². The molecular formula is C33H35N3O8. The number of rotatable bonds is 7. The third-order valence-corrected chi connectivity index (χ3v) is 7.18. The largest absolute Gasteiger partial charge is 0.480 e. The van der Waals surface area contributed by atoms with E-state index in [-0.39, 0.29) is 45.4 Å². The van der Waals surface area contributed by atoms with Crippen LogP contribution in [0.1, 0.15) is 36.9 Å². The van der Waals surface area contributed by atoms with Crippen molar-refractivity contribution in [3.63, 3.8) is 0 Å². The van der Waals surface area contributed by atoms with Gasteiger partial charge >= 0.3 is 5.97 Å². The normalized spacial score (nSPS) is 23.3. The monoisotopic (exact) mass is 601 g/mol. The zero-order valence-corrected chi connectivity index (χ0v) is 24.3. The summed E-state index contributed by atoms with van der Waals surface area (Å²) in [5, 5.41) is 5.88. The molecule has 11 nitrogen and oxygen atoms in total. The molecule has 2 aliphatic heterocycles. The number of nitrogens with one attached hydrogen (secondary N) is 2. The number of hydrogen-bond donors (Lipinski definition) is 2. The average molecular weight is 602 g/mol. The Hall–Kier alpha value is -4.90. The Labute approximate surface area is 255 Å². The minimum Gasteiger partial charge on any atom is -0.480 e. The van der Waals surface area contributed by atoms with Crippen LogP contribution >= 0.6 is 0 Å². The summed E-state index contributed by atoms with van der Waals surface area (Å²) in [5.74, 6) is -0.264. The predicted molar refractivity (Wildman–Crippen MR) is 159 cm³/mol. The van der Waals surface area contributed by atoms with Gasteiger partial charge in [0.25, 0.3) is 5.91 Å². The zero-order valence-electron chi connectivity index (χ0n) is 24.3. The number of nitrogens with zero attached hydrogens (tertiary/aromatic N) is 1. The molecule has 4 atom stereocenters. The van der Waals surface area contributed by atoms with E-state index in [0.29, 0.717) is 17.2 Å². The second-order valence-electron chi connectivity index (χ2n) is 10.5. The molecule has 2 aliphatic rings. The lowest BCUT2D eigenvalue weighted by Crippen LogP contribution is -2.54. The highest BCUT2D eigenvalue weighted by Crippen LogP contribution is 2.35. The summed E-state index contributed by atoms with van der Waals surface area (Å²) >= 11 is 0. The van der Waals surface area contributed by atoms with E-state index in [1.54, 1.807) is 42.7 Å². The number of amides is 2. The van der Waals surface area contributed by atoms with E-state index >= 15 is 0 Å². The minimum absolute atomic E-state index is 0.0356. The molecule has 0 saturated carbocycles. The highest BCUT2D eigenvalue weighted by molar-refractivity contribution is 5.90. The number of ether oxygens (including phenoxy) is 5. The molecule has 230 valence electrons. The third kappa shape index (κ3) is 8.35. The number of hydrogen-bond acceptors (Lipinski definition) is 9. The number of fused-ring (bicyclic) bond motifs is 1. The first-order valence-electron chi connectivity index (χ1n) is 14.5. The molecule has 2 amide bonds. The Balaban J connectivity index is 1.39. The van der Waals surface area contributed by atoms with Gasteiger partial charge in [0, 0.05) is 24.9 Å². The summed E-state index contributed by atoms with van der Waals surface area (Å²) in [6, 6.07) is 16.6. The summed E-state index contributed by atoms with van der Waals surface area (Å²) < 4.78 is 28.2. The highest BCUT2D eigenvalue weighted by atomic mass is 16.7. The number of esters is 1. The Bertz CT molecular complexity index is 1450. The summed E-state index contributed by atoms with van der Waals surface area (Å²) in [6.07, 6.45) is 5.87. The summed E-state index contributed by atoms with van der Waals surface area (Å²) in [5.41, 5.74) is 1.69. The van der Waals surface area contributed by atoms with Crippen LogP contribution in [0.4, 0.5) is 0 Å². The molecule has 11 heteroatoms. The molecule has 3 heterocycles. The maximum absolute atomic E-state index is 13.8. The van der Waals surface area contributed by atoms with Crippen molar-refractivity contribution in [3.8, 4) is 17.2 Å². The van der Waals surface area contributed by atoms with Gasteiger partial charge in [0.1, 0.15) is 11.8 Å². The first kappa shape index (κ1) is 30.6. The first-order chi connectivity index (χ1) is 21.5. The molecule has 1 unspecified atom stereocenters. The Kier molecular flexibility index (Phi) is 10.4. The van der Waals surface area contributed by atoms with Crippen LogP contribution in [-0.4, -0.2) is 54.9 Å². The number of carbonyl (C=O) groups excluding carboxylic acids is 3. The third-order valence-electron chi connectivity index (χ3n) is 7.18. The van der Waals surface area contributed by atoms with E-state index in [0.717, 1.165) is 11.1 Å². The van der Waals surface area contributed by atoms with Gasteiger partial charge in [0.15, 0.2) is 17.6 Å². The molecule has 5 rings (SSSR count). The van der Waals surface area contributed by atoms with Crippen LogP contribution in [0.2, 0.25) is 0 Å². The van der Waals surface area contributed by atoms with E-state index in [2.05, 4.69) is 15.6 Å². The number of carbonyl (C=O) groups is 3. The molecule has 0 aliphatic carbocycles. The number of pyridine rings is 1. The maximum Gasteiger partial charge on any atom is 0.309 e. The Morgan fingerprint density at radius 1 is 0.932 bits per heavy atom. The van der Waals surface area contributed by atoms with E-state index in [1.807, 2.05) is 49.4 Å². The summed E-state index contributed by atoms with van der Waals surface area (Å²) in [6.45, 7) is 2.10. The fraction of sp³-hybridized carbons (Fsp3) is 0.333. The fourth-order valence-electron chi connectivity index (χ4n) is 4.84. The van der Waals surface area contributed by atoms with E-state index in [1.165, 1.54) is 0 Å². The van der Waals surface area contributed by atoms with Crippen molar-refractivity contribution < 1.29 is 38.1 Å². The molecule has 0 saturated heterocycles. The predicted octanol–water partition coefficient (Wildman–Crippen LogP) is 3.65. The minimum atomic E-state index is -1.10. The van der Waals surface area contributed by atoms with Gasteiger partial charge in [-0.25, -0.2) is 0 Å². The fourth-order valence-corrected chi connectivity index (χ4v) is 4.84. The van der Waals surface area contributed by atoms with Crippen LogP contribution in [0.15, 0.2) is 85.2 Å². The van der Waals surface area contributed by atoms with Gasteiger partial charge in [-0.15, -0.1) is 0 Å². The second kappa shape index (κ2) is 15.0. The van der Waals surface area contributed by atoms with Crippen molar-refractivity contribution in [3.05, 3.63) is 96.3 Å². The second-order valence-corrected chi connectivity index (χ2v) is 10.5. The lowest BCUT2D eigenvalue weighted by molar-refractivity contribution is -0.144. The molecule has 0 bridgehead atoms. The maximum atomic E-state index is 13.8. The topological polar surface area (TPSA) is 134 Å². The van der Waals surface area contributed by atoms with Crippen molar-refractivity contribution >= 4 is 17.8 Å². The molecule has 2 N–H and O–H groups in total. The lowest BCUT2D eigenvalue weighted by atomic mass is 9.94. The number of benzene rings is 2. The van der Waals surface area contributed by atoms with Crippen molar-refractivity contribution in [2.75, 3.05) is 20.0 Å². The van der Waals surface area contributed by atoms with Crippen LogP contribution in [0.5, 0.6) is 17.2 Å². The highest BCUT2D eigenvalue weighted by Gasteiger charge is 2.31. The van der Waals surface area contributed by atoms with Gasteiger partial charge in [-0.2, -0.15) is 0 Å². The number of cyclic esters (lactones) is 1. The van der Waals surface area contributed by atoms with E-state index in [9.17, 15) is 14.4 Å². The molecule has 0 fully saturated rings. The zero-order chi connectivity index (χ0) is 30.7. The molecule has 0 spiro atoms. The van der Waals surface area contributed by atoms with Gasteiger partial charge in [-0.1, -0.05) is 55.5 Å². The molecule has 3 aromatic rings. The van der Waals surface area contributed by atoms with Crippen molar-refractivity contribution in [2.45, 2.75) is 44.6 Å². The molecule has 2 aromatic carbocycles.